The second-order valence-electron chi connectivity index (χ2n) is 4.19. The highest BCUT2D eigenvalue weighted by Gasteiger charge is 2.15. The van der Waals surface area contributed by atoms with Crippen LogP contribution in [0.25, 0.3) is 0 Å². The van der Waals surface area contributed by atoms with Gasteiger partial charge in [-0.2, -0.15) is 5.26 Å². The van der Waals surface area contributed by atoms with Gasteiger partial charge in [-0.15, -0.1) is 0 Å². The van der Waals surface area contributed by atoms with E-state index < -0.39 is 20.0 Å². The summed E-state index contributed by atoms with van der Waals surface area (Å²) in [6.07, 6.45) is 0.203. The summed E-state index contributed by atoms with van der Waals surface area (Å²) in [5.74, 6) is -0.327. The van der Waals surface area contributed by atoms with Crippen LogP contribution in [0.5, 0.6) is 0 Å². The Hall–Kier alpha value is -1.47. The second-order valence-corrected chi connectivity index (χ2v) is 7.89. The molecule has 2 N–H and O–H groups in total. The van der Waals surface area contributed by atoms with Gasteiger partial charge in [-0.05, 0) is 17.7 Å². The van der Waals surface area contributed by atoms with Gasteiger partial charge in [0, 0.05) is 13.1 Å². The number of benzene rings is 1. The molecule has 116 valence electrons. The first kappa shape index (κ1) is 17.6. The third-order valence-electron chi connectivity index (χ3n) is 2.54. The van der Waals surface area contributed by atoms with Gasteiger partial charge in [-0.25, -0.2) is 26.3 Å². The van der Waals surface area contributed by atoms with Gasteiger partial charge in [-0.1, -0.05) is 19.1 Å². The lowest BCUT2D eigenvalue weighted by molar-refractivity contribution is 0.576. The van der Waals surface area contributed by atoms with Crippen molar-refractivity contribution in [1.29, 1.82) is 5.26 Å². The maximum Gasteiger partial charge on any atom is 0.240 e. The molecule has 0 aliphatic heterocycles. The van der Waals surface area contributed by atoms with Crippen LogP contribution in [-0.2, 0) is 26.5 Å². The Morgan fingerprint density at radius 1 is 1.10 bits per heavy atom. The van der Waals surface area contributed by atoms with Gasteiger partial charge >= 0.3 is 0 Å². The van der Waals surface area contributed by atoms with Crippen molar-refractivity contribution in [2.45, 2.75) is 18.2 Å². The molecule has 0 aliphatic carbocycles. The zero-order valence-corrected chi connectivity index (χ0v) is 13.2. The summed E-state index contributed by atoms with van der Waals surface area (Å²) in [7, 11) is -7.22. The molecule has 0 radical (unpaired) electrons. The molecule has 0 aromatic heterocycles. The predicted octanol–water partition coefficient (Wildman–Crippen LogP) is -0.0297. The standard InChI is InChI=1S/C12H17N3O4S2/c1-2-14-20(16,17)10-9-15-21(18,19)12-5-3-11(4-6-12)7-8-13/h3-6,14-15H,2,7,9-10H2,1H3. The van der Waals surface area contributed by atoms with Gasteiger partial charge in [0.25, 0.3) is 0 Å². The van der Waals surface area contributed by atoms with Crippen molar-refractivity contribution < 1.29 is 16.8 Å². The molecular formula is C12H17N3O4S2. The molecule has 0 fully saturated rings. The minimum atomic E-state index is -3.75. The fourth-order valence-corrected chi connectivity index (χ4v) is 3.68. The molecule has 0 saturated heterocycles. The Balaban J connectivity index is 2.68. The lowest BCUT2D eigenvalue weighted by Crippen LogP contribution is -2.34. The molecule has 0 heterocycles. The highest BCUT2D eigenvalue weighted by atomic mass is 32.2. The van der Waals surface area contributed by atoms with E-state index in [2.05, 4.69) is 9.44 Å². The van der Waals surface area contributed by atoms with Crippen LogP contribution in [0.3, 0.4) is 0 Å². The van der Waals surface area contributed by atoms with Gasteiger partial charge in [0.15, 0.2) is 0 Å². The van der Waals surface area contributed by atoms with Crippen molar-refractivity contribution in [2.24, 2.45) is 0 Å². The monoisotopic (exact) mass is 331 g/mol. The zero-order valence-electron chi connectivity index (χ0n) is 11.5. The SMILES string of the molecule is CCNS(=O)(=O)CCNS(=O)(=O)c1ccc(CC#N)cc1. The number of sulfonamides is 2. The summed E-state index contributed by atoms with van der Waals surface area (Å²) in [5, 5.41) is 8.54. The van der Waals surface area contributed by atoms with Gasteiger partial charge in [-0.3, -0.25) is 0 Å². The van der Waals surface area contributed by atoms with E-state index >= 15 is 0 Å². The first-order chi connectivity index (χ1) is 9.80. The number of hydrogen-bond acceptors (Lipinski definition) is 5. The average Bonchev–Trinajstić information content (AvgIpc) is 2.39. The van der Waals surface area contributed by atoms with Crippen LogP contribution < -0.4 is 9.44 Å². The minimum absolute atomic E-state index is 0.0324. The van der Waals surface area contributed by atoms with Gasteiger partial charge < -0.3 is 0 Å². The zero-order chi connectivity index (χ0) is 15.9. The van der Waals surface area contributed by atoms with Crippen LogP contribution in [-0.4, -0.2) is 35.7 Å². The Kier molecular flexibility index (Phi) is 6.29. The quantitative estimate of drug-likeness (QED) is 0.694. The first-order valence-corrected chi connectivity index (χ1v) is 9.37. The van der Waals surface area contributed by atoms with Crippen molar-refractivity contribution in [3.63, 3.8) is 0 Å². The van der Waals surface area contributed by atoms with Crippen LogP contribution in [0.15, 0.2) is 29.2 Å². The molecule has 1 aromatic rings. The summed E-state index contributed by atoms with van der Waals surface area (Å²) in [6, 6.07) is 7.83. The molecule has 0 atom stereocenters. The molecular weight excluding hydrogens is 314 g/mol. The summed E-state index contributed by atoms with van der Waals surface area (Å²) >= 11 is 0. The summed E-state index contributed by atoms with van der Waals surface area (Å²) < 4.78 is 51.2. The van der Waals surface area contributed by atoms with E-state index in [1.165, 1.54) is 12.1 Å². The van der Waals surface area contributed by atoms with Crippen molar-refractivity contribution in [3.05, 3.63) is 29.8 Å². The summed E-state index contributed by atoms with van der Waals surface area (Å²) in [6.45, 7) is 1.69. The highest BCUT2D eigenvalue weighted by molar-refractivity contribution is 7.90. The molecule has 1 rings (SSSR count). The number of hydrogen-bond donors (Lipinski definition) is 2. The molecule has 21 heavy (non-hydrogen) atoms. The van der Waals surface area contributed by atoms with Crippen molar-refractivity contribution in [1.82, 2.24) is 9.44 Å². The molecule has 7 nitrogen and oxygen atoms in total. The Morgan fingerprint density at radius 2 is 1.71 bits per heavy atom. The van der Waals surface area contributed by atoms with Gasteiger partial charge in [0.05, 0.1) is 23.1 Å². The van der Waals surface area contributed by atoms with E-state index in [9.17, 15) is 16.8 Å². The average molecular weight is 331 g/mol. The predicted molar refractivity (Wildman–Crippen MR) is 78.4 cm³/mol. The first-order valence-electron chi connectivity index (χ1n) is 6.23. The third-order valence-corrected chi connectivity index (χ3v) is 5.49. The Morgan fingerprint density at radius 3 is 2.24 bits per heavy atom. The van der Waals surface area contributed by atoms with Crippen molar-refractivity contribution in [3.8, 4) is 6.07 Å². The van der Waals surface area contributed by atoms with Crippen molar-refractivity contribution in [2.75, 3.05) is 18.8 Å². The van der Waals surface area contributed by atoms with Crippen LogP contribution in [0.4, 0.5) is 0 Å². The van der Waals surface area contributed by atoms with Crippen LogP contribution in [0.1, 0.15) is 12.5 Å². The van der Waals surface area contributed by atoms with E-state index in [0.717, 1.165) is 0 Å². The third kappa shape index (κ3) is 5.81. The van der Waals surface area contributed by atoms with Gasteiger partial charge in [0.2, 0.25) is 20.0 Å². The largest absolute Gasteiger partial charge is 0.240 e. The molecule has 0 bridgehead atoms. The fraction of sp³-hybridized carbons (Fsp3) is 0.417. The van der Waals surface area contributed by atoms with Crippen LogP contribution in [0.2, 0.25) is 0 Å². The smallest absolute Gasteiger partial charge is 0.215 e. The number of nitrogens with zero attached hydrogens (tertiary/aromatic N) is 1. The van der Waals surface area contributed by atoms with Crippen LogP contribution in [0, 0.1) is 11.3 Å². The van der Waals surface area contributed by atoms with E-state index in [1.807, 2.05) is 6.07 Å². The van der Waals surface area contributed by atoms with E-state index in [0.29, 0.717) is 5.56 Å². The number of nitrogens with one attached hydrogen (secondary N) is 2. The fourth-order valence-electron chi connectivity index (χ4n) is 1.56. The minimum Gasteiger partial charge on any atom is -0.215 e. The Labute approximate surface area is 125 Å². The lowest BCUT2D eigenvalue weighted by Gasteiger charge is -2.08. The molecule has 0 aliphatic rings. The normalized spacial score (nSPS) is 12.0. The molecule has 9 heteroatoms. The molecule has 0 saturated carbocycles. The molecule has 0 amide bonds. The van der Waals surface area contributed by atoms with Gasteiger partial charge in [0.1, 0.15) is 0 Å². The van der Waals surface area contributed by atoms with Crippen LogP contribution >= 0.6 is 0 Å². The van der Waals surface area contributed by atoms with E-state index in [1.54, 1.807) is 19.1 Å². The molecule has 1 aromatic carbocycles. The summed E-state index contributed by atoms with van der Waals surface area (Å²) in [4.78, 5) is 0.0324. The van der Waals surface area contributed by atoms with E-state index in [-0.39, 0.29) is 30.2 Å². The topological polar surface area (TPSA) is 116 Å². The number of rotatable bonds is 8. The maximum atomic E-state index is 12.0. The molecule has 0 spiro atoms. The summed E-state index contributed by atoms with van der Waals surface area (Å²) in [5.41, 5.74) is 0.714. The van der Waals surface area contributed by atoms with Crippen molar-refractivity contribution >= 4 is 20.0 Å². The number of nitriles is 1. The lowest BCUT2D eigenvalue weighted by atomic mass is 10.2. The Bertz CT molecular complexity index is 704. The maximum absolute atomic E-state index is 12.0. The molecule has 0 unspecified atom stereocenters. The second kappa shape index (κ2) is 7.51. The highest BCUT2D eigenvalue weighted by Crippen LogP contribution is 2.10. The van der Waals surface area contributed by atoms with E-state index in [4.69, 9.17) is 5.26 Å².